The average molecular weight is 350 g/mol. The minimum Gasteiger partial charge on any atom is -0.467 e. The number of benzene rings is 1. The standard InChI is InChI=1S/C20H22N4O2/c1-3-14-7-5-8-15(4-2)19(14)24-18-11-17(22-13-23-18)20(25)21-12-16-9-6-10-26-16/h5-11,13H,3-4,12H2,1-2H3,(H,21,25)(H,22,23,24). The third kappa shape index (κ3) is 4.08. The van der Waals surface area contributed by atoms with Gasteiger partial charge in [0, 0.05) is 11.8 Å². The third-order valence-electron chi connectivity index (χ3n) is 4.15. The second-order valence-corrected chi connectivity index (χ2v) is 5.83. The quantitative estimate of drug-likeness (QED) is 0.676. The Morgan fingerprint density at radius 2 is 1.85 bits per heavy atom. The summed E-state index contributed by atoms with van der Waals surface area (Å²) in [5, 5.41) is 6.15. The number of aryl methyl sites for hydroxylation is 2. The lowest BCUT2D eigenvalue weighted by Crippen LogP contribution is -2.23. The number of carbonyl (C=O) groups is 1. The number of anilines is 2. The predicted octanol–water partition coefficient (Wildman–Crippen LogP) is 3.87. The summed E-state index contributed by atoms with van der Waals surface area (Å²) in [6.07, 6.45) is 4.80. The van der Waals surface area contributed by atoms with Crippen LogP contribution in [0.5, 0.6) is 0 Å². The molecule has 2 heterocycles. The van der Waals surface area contributed by atoms with E-state index in [1.165, 1.54) is 17.5 Å². The third-order valence-corrected chi connectivity index (χ3v) is 4.15. The topological polar surface area (TPSA) is 80.0 Å². The van der Waals surface area contributed by atoms with E-state index in [0.29, 0.717) is 23.8 Å². The van der Waals surface area contributed by atoms with E-state index in [4.69, 9.17) is 4.42 Å². The van der Waals surface area contributed by atoms with E-state index in [2.05, 4.69) is 52.6 Å². The summed E-state index contributed by atoms with van der Waals surface area (Å²) in [6.45, 7) is 4.55. The molecule has 1 aromatic carbocycles. The van der Waals surface area contributed by atoms with Gasteiger partial charge in [-0.2, -0.15) is 0 Å². The summed E-state index contributed by atoms with van der Waals surface area (Å²) >= 11 is 0. The van der Waals surface area contributed by atoms with Gasteiger partial charge in [0.2, 0.25) is 0 Å². The van der Waals surface area contributed by atoms with Crippen LogP contribution in [0.1, 0.15) is 41.2 Å². The molecule has 2 aromatic heterocycles. The normalized spacial score (nSPS) is 10.5. The number of para-hydroxylation sites is 1. The van der Waals surface area contributed by atoms with Gasteiger partial charge in [-0.25, -0.2) is 9.97 Å². The first-order valence-electron chi connectivity index (χ1n) is 8.71. The molecule has 0 spiro atoms. The number of furan rings is 1. The van der Waals surface area contributed by atoms with Gasteiger partial charge in [-0.1, -0.05) is 32.0 Å². The SMILES string of the molecule is CCc1cccc(CC)c1Nc1cc(C(=O)NCc2ccco2)ncn1. The van der Waals surface area contributed by atoms with E-state index in [9.17, 15) is 4.79 Å². The number of carbonyl (C=O) groups excluding carboxylic acids is 1. The summed E-state index contributed by atoms with van der Waals surface area (Å²) in [6, 6.07) is 11.5. The van der Waals surface area contributed by atoms with Crippen LogP contribution in [-0.4, -0.2) is 15.9 Å². The Morgan fingerprint density at radius 3 is 2.50 bits per heavy atom. The van der Waals surface area contributed by atoms with Crippen molar-refractivity contribution in [2.45, 2.75) is 33.2 Å². The van der Waals surface area contributed by atoms with E-state index >= 15 is 0 Å². The first-order chi connectivity index (χ1) is 12.7. The van der Waals surface area contributed by atoms with Crippen molar-refractivity contribution in [3.05, 3.63) is 71.6 Å². The van der Waals surface area contributed by atoms with Crippen LogP contribution < -0.4 is 10.6 Å². The van der Waals surface area contributed by atoms with E-state index in [0.717, 1.165) is 18.5 Å². The molecule has 1 amide bonds. The minimum atomic E-state index is -0.272. The second kappa shape index (κ2) is 8.29. The molecule has 0 saturated carbocycles. The predicted molar refractivity (Wildman–Crippen MR) is 100 cm³/mol. The van der Waals surface area contributed by atoms with Crippen LogP contribution in [0.2, 0.25) is 0 Å². The van der Waals surface area contributed by atoms with Crippen LogP contribution in [-0.2, 0) is 19.4 Å². The van der Waals surface area contributed by atoms with Gasteiger partial charge in [0.25, 0.3) is 5.91 Å². The molecule has 0 fully saturated rings. The Morgan fingerprint density at radius 1 is 1.08 bits per heavy atom. The average Bonchev–Trinajstić information content (AvgIpc) is 3.20. The lowest BCUT2D eigenvalue weighted by Gasteiger charge is -2.15. The highest BCUT2D eigenvalue weighted by atomic mass is 16.3. The van der Waals surface area contributed by atoms with Gasteiger partial charge in [-0.3, -0.25) is 4.79 Å². The highest BCUT2D eigenvalue weighted by molar-refractivity contribution is 5.92. The van der Waals surface area contributed by atoms with Crippen LogP contribution in [0.3, 0.4) is 0 Å². The molecule has 2 N–H and O–H groups in total. The van der Waals surface area contributed by atoms with Crippen molar-refractivity contribution in [1.82, 2.24) is 15.3 Å². The van der Waals surface area contributed by atoms with Gasteiger partial charge in [-0.15, -0.1) is 0 Å². The molecule has 0 radical (unpaired) electrons. The lowest BCUT2D eigenvalue weighted by molar-refractivity contribution is 0.0943. The molecule has 0 unspecified atom stereocenters. The summed E-state index contributed by atoms with van der Waals surface area (Å²) < 4.78 is 5.21. The van der Waals surface area contributed by atoms with E-state index in [1.807, 2.05) is 0 Å². The van der Waals surface area contributed by atoms with Gasteiger partial charge >= 0.3 is 0 Å². The number of hydrogen-bond acceptors (Lipinski definition) is 5. The lowest BCUT2D eigenvalue weighted by atomic mass is 10.0. The van der Waals surface area contributed by atoms with Crippen LogP contribution in [0.15, 0.2) is 53.4 Å². The highest BCUT2D eigenvalue weighted by Gasteiger charge is 2.11. The maximum absolute atomic E-state index is 12.3. The zero-order valence-corrected chi connectivity index (χ0v) is 15.0. The maximum Gasteiger partial charge on any atom is 0.270 e. The molecule has 0 saturated heterocycles. The van der Waals surface area contributed by atoms with Crippen LogP contribution in [0.4, 0.5) is 11.5 Å². The molecule has 26 heavy (non-hydrogen) atoms. The van der Waals surface area contributed by atoms with Crippen LogP contribution >= 0.6 is 0 Å². The van der Waals surface area contributed by atoms with Crippen LogP contribution in [0, 0.1) is 0 Å². The van der Waals surface area contributed by atoms with Gasteiger partial charge < -0.3 is 15.1 Å². The summed E-state index contributed by atoms with van der Waals surface area (Å²) in [4.78, 5) is 20.6. The molecular formula is C20H22N4O2. The first kappa shape index (κ1) is 17.7. The number of nitrogens with one attached hydrogen (secondary N) is 2. The highest BCUT2D eigenvalue weighted by Crippen LogP contribution is 2.25. The Kier molecular flexibility index (Phi) is 5.63. The molecule has 0 aliphatic rings. The molecule has 0 bridgehead atoms. The van der Waals surface area contributed by atoms with Gasteiger partial charge in [0.15, 0.2) is 0 Å². The molecule has 134 valence electrons. The maximum atomic E-state index is 12.3. The van der Waals surface area contributed by atoms with Crippen molar-refractivity contribution in [1.29, 1.82) is 0 Å². The van der Waals surface area contributed by atoms with Crippen molar-refractivity contribution >= 4 is 17.4 Å². The summed E-state index contributed by atoms with van der Waals surface area (Å²) in [5.74, 6) is 1.01. The molecule has 6 nitrogen and oxygen atoms in total. The zero-order valence-electron chi connectivity index (χ0n) is 15.0. The fraction of sp³-hybridized carbons (Fsp3) is 0.250. The largest absolute Gasteiger partial charge is 0.467 e. The van der Waals surface area contributed by atoms with Gasteiger partial charge in [0.05, 0.1) is 12.8 Å². The van der Waals surface area contributed by atoms with Crippen molar-refractivity contribution < 1.29 is 9.21 Å². The second-order valence-electron chi connectivity index (χ2n) is 5.83. The van der Waals surface area contributed by atoms with Crippen LogP contribution in [0.25, 0.3) is 0 Å². The zero-order chi connectivity index (χ0) is 18.4. The molecule has 3 aromatic rings. The number of aromatic nitrogens is 2. The Bertz CT molecular complexity index is 853. The fourth-order valence-electron chi connectivity index (χ4n) is 2.75. The monoisotopic (exact) mass is 350 g/mol. The number of rotatable bonds is 7. The van der Waals surface area contributed by atoms with Crippen molar-refractivity contribution in [2.24, 2.45) is 0 Å². The van der Waals surface area contributed by atoms with Crippen molar-refractivity contribution in [3.63, 3.8) is 0 Å². The van der Waals surface area contributed by atoms with Gasteiger partial charge in [0.1, 0.15) is 23.6 Å². The summed E-state index contributed by atoms with van der Waals surface area (Å²) in [7, 11) is 0. The van der Waals surface area contributed by atoms with E-state index < -0.39 is 0 Å². The Hall–Kier alpha value is -3.15. The summed E-state index contributed by atoms with van der Waals surface area (Å²) in [5.41, 5.74) is 3.79. The molecule has 0 atom stereocenters. The molecule has 0 aliphatic heterocycles. The first-order valence-corrected chi connectivity index (χ1v) is 8.71. The Labute approximate surface area is 152 Å². The van der Waals surface area contributed by atoms with Gasteiger partial charge in [-0.05, 0) is 36.1 Å². The van der Waals surface area contributed by atoms with E-state index in [1.54, 1.807) is 24.5 Å². The fourth-order valence-corrected chi connectivity index (χ4v) is 2.75. The molecule has 0 aliphatic carbocycles. The Balaban J connectivity index is 1.76. The molecule has 6 heteroatoms. The number of hydrogen-bond donors (Lipinski definition) is 2. The van der Waals surface area contributed by atoms with Crippen molar-refractivity contribution in [2.75, 3.05) is 5.32 Å². The van der Waals surface area contributed by atoms with E-state index in [-0.39, 0.29) is 5.91 Å². The number of amides is 1. The number of nitrogens with zero attached hydrogens (tertiary/aromatic N) is 2. The molecule has 3 rings (SSSR count). The molecular weight excluding hydrogens is 328 g/mol. The smallest absolute Gasteiger partial charge is 0.270 e. The van der Waals surface area contributed by atoms with Crippen molar-refractivity contribution in [3.8, 4) is 0 Å². The minimum absolute atomic E-state index is 0.272.